The van der Waals surface area contributed by atoms with Gasteiger partial charge in [-0.1, -0.05) is 6.07 Å². The monoisotopic (exact) mass is 399 g/mol. The van der Waals surface area contributed by atoms with Gasteiger partial charge in [0, 0.05) is 24.3 Å². The highest BCUT2D eigenvalue weighted by molar-refractivity contribution is 7.80. The molecule has 0 unspecified atom stereocenters. The molecular formula is C14H17N5O7S. The lowest BCUT2D eigenvalue weighted by Crippen LogP contribution is -2.47. The number of carbonyl (C=O) groups excluding carboxylic acids is 3. The number of primary amides is 1. The summed E-state index contributed by atoms with van der Waals surface area (Å²) in [6.07, 6.45) is 0.472. The summed E-state index contributed by atoms with van der Waals surface area (Å²) in [5, 5.41) is 5.58. The molecule has 2 heterocycles. The molecule has 0 aromatic heterocycles. The maximum absolute atomic E-state index is 12.5. The number of amides is 5. The summed E-state index contributed by atoms with van der Waals surface area (Å²) in [4.78, 5) is 37.1. The Kier molecular flexibility index (Phi) is 4.91. The first-order valence-electron chi connectivity index (χ1n) is 7.88. The quantitative estimate of drug-likeness (QED) is 0.521. The van der Waals surface area contributed by atoms with E-state index in [-0.39, 0.29) is 19.4 Å². The number of nitrogens with one attached hydrogen (secondary N) is 2. The third kappa shape index (κ3) is 4.27. The number of benzene rings is 1. The molecule has 1 aromatic carbocycles. The van der Waals surface area contributed by atoms with E-state index in [9.17, 15) is 22.8 Å². The van der Waals surface area contributed by atoms with E-state index in [0.717, 1.165) is 0 Å². The van der Waals surface area contributed by atoms with Crippen molar-refractivity contribution in [2.45, 2.75) is 24.9 Å². The number of hydrogen-bond donors (Lipinski definition) is 4. The van der Waals surface area contributed by atoms with Crippen molar-refractivity contribution >= 4 is 39.7 Å². The van der Waals surface area contributed by atoms with Gasteiger partial charge in [0.15, 0.2) is 0 Å². The first-order chi connectivity index (χ1) is 12.6. The highest BCUT2D eigenvalue weighted by atomic mass is 32.3. The molecule has 2 atom stereocenters. The average molecular weight is 399 g/mol. The van der Waals surface area contributed by atoms with Gasteiger partial charge in [-0.15, -0.1) is 4.28 Å². The van der Waals surface area contributed by atoms with Crippen LogP contribution in [0.25, 0.3) is 0 Å². The molecule has 2 aliphatic rings. The molecule has 2 fully saturated rings. The van der Waals surface area contributed by atoms with E-state index in [4.69, 9.17) is 10.3 Å². The zero-order valence-corrected chi connectivity index (χ0v) is 14.7. The molecule has 2 bridgehead atoms. The van der Waals surface area contributed by atoms with Crippen LogP contribution in [0.3, 0.4) is 0 Å². The van der Waals surface area contributed by atoms with Crippen LogP contribution in [-0.2, 0) is 19.5 Å². The van der Waals surface area contributed by atoms with Gasteiger partial charge in [-0.05, 0) is 24.6 Å². The van der Waals surface area contributed by atoms with E-state index in [1.165, 1.54) is 11.0 Å². The van der Waals surface area contributed by atoms with Crippen LogP contribution in [0, 0.1) is 0 Å². The van der Waals surface area contributed by atoms with E-state index >= 15 is 0 Å². The molecule has 0 saturated carbocycles. The Balaban J connectivity index is 1.70. The van der Waals surface area contributed by atoms with Gasteiger partial charge in [0.25, 0.3) is 5.91 Å². The van der Waals surface area contributed by atoms with E-state index in [1.807, 2.05) is 0 Å². The van der Waals surface area contributed by atoms with Gasteiger partial charge in [0.2, 0.25) is 0 Å². The lowest BCUT2D eigenvalue weighted by molar-refractivity contribution is -0.157. The molecule has 2 saturated heterocycles. The van der Waals surface area contributed by atoms with Crippen LogP contribution in [-0.4, -0.2) is 59.5 Å². The van der Waals surface area contributed by atoms with Crippen LogP contribution in [0.15, 0.2) is 24.3 Å². The average Bonchev–Trinajstić information content (AvgIpc) is 2.78. The van der Waals surface area contributed by atoms with Crippen molar-refractivity contribution in [2.75, 3.05) is 17.2 Å². The van der Waals surface area contributed by atoms with Crippen molar-refractivity contribution in [3.63, 3.8) is 0 Å². The molecule has 146 valence electrons. The van der Waals surface area contributed by atoms with E-state index in [1.54, 1.807) is 18.2 Å². The smallest absolute Gasteiger partial charge is 0.351 e. The maximum Gasteiger partial charge on any atom is 0.418 e. The van der Waals surface area contributed by atoms with Gasteiger partial charge in [-0.3, -0.25) is 9.35 Å². The van der Waals surface area contributed by atoms with Crippen LogP contribution in [0.1, 0.15) is 12.8 Å². The molecular weight excluding hydrogens is 382 g/mol. The van der Waals surface area contributed by atoms with Gasteiger partial charge in [-0.2, -0.15) is 13.5 Å². The van der Waals surface area contributed by atoms with Crippen molar-refractivity contribution in [1.82, 2.24) is 9.96 Å². The lowest BCUT2D eigenvalue weighted by Gasteiger charge is -2.30. The Bertz CT molecular complexity index is 890. The summed E-state index contributed by atoms with van der Waals surface area (Å²) >= 11 is 0. The maximum atomic E-state index is 12.5. The van der Waals surface area contributed by atoms with E-state index < -0.39 is 40.5 Å². The Morgan fingerprint density at radius 2 is 1.93 bits per heavy atom. The van der Waals surface area contributed by atoms with Crippen LogP contribution < -0.4 is 16.4 Å². The highest BCUT2D eigenvalue weighted by Gasteiger charge is 2.50. The third-order valence-corrected chi connectivity index (χ3v) is 4.57. The minimum atomic E-state index is -4.84. The van der Waals surface area contributed by atoms with Gasteiger partial charge in [-0.25, -0.2) is 9.59 Å². The number of likely N-dealkylation sites (tertiary alicyclic amines) is 1. The summed E-state index contributed by atoms with van der Waals surface area (Å²) in [7, 11) is -4.84. The first kappa shape index (κ1) is 18.9. The van der Waals surface area contributed by atoms with Crippen LogP contribution >= 0.6 is 0 Å². The van der Waals surface area contributed by atoms with Crippen molar-refractivity contribution in [3.8, 4) is 0 Å². The second-order valence-corrected chi connectivity index (χ2v) is 7.06. The van der Waals surface area contributed by atoms with Gasteiger partial charge < -0.3 is 21.3 Å². The number of nitrogens with two attached hydrogens (primary N) is 1. The van der Waals surface area contributed by atoms with Gasteiger partial charge >= 0.3 is 22.5 Å². The molecule has 27 heavy (non-hydrogen) atoms. The highest BCUT2D eigenvalue weighted by Crippen LogP contribution is 2.32. The predicted octanol–water partition coefficient (Wildman–Crippen LogP) is 0.119. The normalized spacial score (nSPS) is 21.9. The second kappa shape index (κ2) is 7.02. The molecule has 0 radical (unpaired) electrons. The lowest BCUT2D eigenvalue weighted by atomic mass is 10.0. The van der Waals surface area contributed by atoms with Crippen LogP contribution in [0.5, 0.6) is 0 Å². The summed E-state index contributed by atoms with van der Waals surface area (Å²) < 4.78 is 34.9. The standard InChI is InChI=1S/C14H17N5O7S/c15-13(21)16-8-2-1-3-9(6-8)17-14(22)18-5-4-10-7-11(18)12(20)19(10)26-27(23,24)25/h1-3,6,10-11H,4-5,7H2,(H,17,22)(H3,15,16,21)(H,23,24,25)/t10-,11-/m0/s1. The number of nitrogens with zero attached hydrogens (tertiary/aromatic N) is 2. The predicted molar refractivity (Wildman–Crippen MR) is 91.7 cm³/mol. The second-order valence-electron chi connectivity index (χ2n) is 6.05. The van der Waals surface area contributed by atoms with Gasteiger partial charge in [0.1, 0.15) is 6.04 Å². The van der Waals surface area contributed by atoms with Crippen LogP contribution in [0.2, 0.25) is 0 Å². The fraction of sp³-hybridized carbons (Fsp3) is 0.357. The van der Waals surface area contributed by atoms with Crippen molar-refractivity contribution in [3.05, 3.63) is 24.3 Å². The minimum absolute atomic E-state index is 0.186. The first-order valence-corrected chi connectivity index (χ1v) is 9.25. The summed E-state index contributed by atoms with van der Waals surface area (Å²) in [6, 6.07) is 3.47. The van der Waals surface area contributed by atoms with Crippen molar-refractivity contribution < 1.29 is 31.6 Å². The number of rotatable bonds is 4. The zero-order chi connectivity index (χ0) is 19.8. The minimum Gasteiger partial charge on any atom is -0.351 e. The number of hydroxylamine groups is 2. The largest absolute Gasteiger partial charge is 0.418 e. The molecule has 0 spiro atoms. The SMILES string of the molecule is NC(=O)Nc1cccc(NC(=O)N2CC[C@H]3C[C@H]2C(=O)N3OS(=O)(=O)O)c1. The molecule has 5 N–H and O–H groups in total. The molecule has 12 nitrogen and oxygen atoms in total. The number of carbonyl (C=O) groups is 3. The molecule has 3 rings (SSSR count). The third-order valence-electron chi connectivity index (χ3n) is 4.23. The Hall–Kier alpha value is -2.90. The number of anilines is 2. The Labute approximate surface area is 154 Å². The molecule has 2 aliphatic heterocycles. The molecule has 13 heteroatoms. The Morgan fingerprint density at radius 3 is 2.56 bits per heavy atom. The number of hydrogen-bond acceptors (Lipinski definition) is 6. The molecule has 0 aliphatic carbocycles. The van der Waals surface area contributed by atoms with E-state index in [2.05, 4.69) is 14.9 Å². The topological polar surface area (TPSA) is 171 Å². The number of urea groups is 2. The number of fused-ring (bicyclic) bond motifs is 2. The number of piperidine rings is 1. The van der Waals surface area contributed by atoms with Gasteiger partial charge in [0.05, 0.1) is 6.04 Å². The Morgan fingerprint density at radius 1 is 1.26 bits per heavy atom. The van der Waals surface area contributed by atoms with E-state index in [0.29, 0.717) is 16.4 Å². The summed E-state index contributed by atoms with van der Waals surface area (Å²) in [5.74, 6) is -0.727. The van der Waals surface area contributed by atoms with Crippen molar-refractivity contribution in [1.29, 1.82) is 0 Å². The zero-order valence-electron chi connectivity index (χ0n) is 13.9. The summed E-state index contributed by atoms with van der Waals surface area (Å²) in [6.45, 7) is 0.192. The van der Waals surface area contributed by atoms with Crippen molar-refractivity contribution in [2.24, 2.45) is 5.73 Å². The molecule has 1 aromatic rings. The summed E-state index contributed by atoms with van der Waals surface area (Å²) in [5.41, 5.74) is 5.79. The molecule has 5 amide bonds. The van der Waals surface area contributed by atoms with Crippen LogP contribution in [0.4, 0.5) is 21.0 Å². The fourth-order valence-corrected chi connectivity index (χ4v) is 3.57. The fourth-order valence-electron chi connectivity index (χ4n) is 3.18.